The molecule has 5 nitrogen and oxygen atoms in total. The van der Waals surface area contributed by atoms with Crippen LogP contribution >= 0.6 is 0 Å². The van der Waals surface area contributed by atoms with Gasteiger partial charge in [-0.1, -0.05) is 0 Å². The number of aromatic nitrogens is 1. The van der Waals surface area contributed by atoms with Crippen LogP contribution in [0, 0.1) is 0 Å². The lowest BCUT2D eigenvalue weighted by molar-refractivity contribution is -0.142. The summed E-state index contributed by atoms with van der Waals surface area (Å²) in [5.74, 6) is -0.289. The van der Waals surface area contributed by atoms with Gasteiger partial charge in [-0.05, 0) is 24.3 Å². The van der Waals surface area contributed by atoms with Crippen LogP contribution in [0.2, 0.25) is 0 Å². The second-order valence-corrected chi connectivity index (χ2v) is 4.02. The van der Waals surface area contributed by atoms with Crippen LogP contribution in [0.3, 0.4) is 0 Å². The van der Waals surface area contributed by atoms with E-state index >= 15 is 0 Å². The number of carbonyl (C=O) groups is 2. The topological polar surface area (TPSA) is 65.5 Å². The molecule has 1 aromatic carbocycles. The van der Waals surface area contributed by atoms with Gasteiger partial charge in [0.25, 0.3) is 0 Å². The van der Waals surface area contributed by atoms with E-state index in [2.05, 4.69) is 4.98 Å². The molecule has 5 heteroatoms. The zero-order chi connectivity index (χ0) is 13.8. The lowest BCUT2D eigenvalue weighted by Gasteiger charge is -2.08. The molecule has 0 aliphatic rings. The summed E-state index contributed by atoms with van der Waals surface area (Å²) in [6, 6.07) is 6.91. The van der Waals surface area contributed by atoms with Gasteiger partial charge in [-0.15, -0.1) is 0 Å². The van der Waals surface area contributed by atoms with E-state index in [-0.39, 0.29) is 18.5 Å². The van der Waals surface area contributed by atoms with E-state index < -0.39 is 0 Å². The summed E-state index contributed by atoms with van der Waals surface area (Å²) >= 11 is 0. The molecule has 0 spiro atoms. The first kappa shape index (κ1) is 13.0. The van der Waals surface area contributed by atoms with Crippen LogP contribution in [0.1, 0.15) is 19.4 Å². The Bertz CT molecular complexity index is 636. The second-order valence-electron chi connectivity index (χ2n) is 4.02. The Labute approximate surface area is 110 Å². The van der Waals surface area contributed by atoms with Crippen LogP contribution in [0.15, 0.2) is 30.5 Å². The average Bonchev–Trinajstić information content (AvgIpc) is 2.35. The average molecular weight is 259 g/mol. The van der Waals surface area contributed by atoms with Crippen molar-refractivity contribution in [2.45, 2.75) is 20.5 Å². The highest BCUT2D eigenvalue weighted by Crippen LogP contribution is 2.23. The van der Waals surface area contributed by atoms with Crippen LogP contribution in [-0.4, -0.2) is 16.9 Å². The highest BCUT2D eigenvalue weighted by Gasteiger charge is 2.06. The molecule has 0 fully saturated rings. The Morgan fingerprint density at radius 3 is 2.63 bits per heavy atom. The molecule has 1 aromatic heterocycles. The molecule has 0 aliphatic carbocycles. The van der Waals surface area contributed by atoms with E-state index in [0.717, 1.165) is 16.5 Å². The monoisotopic (exact) mass is 259 g/mol. The van der Waals surface area contributed by atoms with Gasteiger partial charge in [0.2, 0.25) is 0 Å². The third-order valence-electron chi connectivity index (χ3n) is 2.50. The van der Waals surface area contributed by atoms with Crippen molar-refractivity contribution in [2.75, 3.05) is 0 Å². The maximum atomic E-state index is 10.9. The minimum Gasteiger partial charge on any atom is -0.461 e. The molecule has 0 amide bonds. The zero-order valence-corrected chi connectivity index (χ0v) is 10.7. The largest absolute Gasteiger partial charge is 0.461 e. The Morgan fingerprint density at radius 2 is 1.95 bits per heavy atom. The van der Waals surface area contributed by atoms with E-state index in [0.29, 0.717) is 5.75 Å². The quantitative estimate of drug-likeness (QED) is 0.624. The standard InChI is InChI=1S/C14H13NO4/c1-9(16)18-8-11-5-6-15-14-4-3-12(7-13(11)14)19-10(2)17/h3-7H,8H2,1-2H3. The molecule has 19 heavy (non-hydrogen) atoms. The van der Waals surface area contributed by atoms with Crippen molar-refractivity contribution in [3.05, 3.63) is 36.0 Å². The molecule has 2 rings (SSSR count). The van der Waals surface area contributed by atoms with Gasteiger partial charge in [-0.25, -0.2) is 0 Å². The number of pyridine rings is 1. The van der Waals surface area contributed by atoms with Gasteiger partial charge in [0.15, 0.2) is 0 Å². The van der Waals surface area contributed by atoms with Crippen molar-refractivity contribution in [1.82, 2.24) is 4.98 Å². The number of nitrogens with zero attached hydrogens (tertiary/aromatic N) is 1. The first-order valence-corrected chi connectivity index (χ1v) is 5.75. The number of carbonyl (C=O) groups excluding carboxylic acids is 2. The molecular weight excluding hydrogens is 246 g/mol. The smallest absolute Gasteiger partial charge is 0.308 e. The number of rotatable bonds is 3. The minimum absolute atomic E-state index is 0.165. The molecule has 0 N–H and O–H groups in total. The lowest BCUT2D eigenvalue weighted by atomic mass is 10.1. The number of hydrogen-bond acceptors (Lipinski definition) is 5. The molecule has 0 radical (unpaired) electrons. The van der Waals surface area contributed by atoms with Crippen molar-refractivity contribution < 1.29 is 19.1 Å². The minimum atomic E-state index is -0.384. The van der Waals surface area contributed by atoms with Crippen LogP contribution in [-0.2, 0) is 20.9 Å². The molecule has 0 saturated heterocycles. The summed E-state index contributed by atoms with van der Waals surface area (Å²) in [5.41, 5.74) is 1.56. The molecular formula is C14H13NO4. The van der Waals surface area contributed by atoms with Crippen molar-refractivity contribution in [2.24, 2.45) is 0 Å². The Kier molecular flexibility index (Phi) is 3.75. The first-order valence-electron chi connectivity index (χ1n) is 5.75. The Hall–Kier alpha value is -2.43. The predicted octanol–water partition coefficient (Wildman–Crippen LogP) is 2.22. The van der Waals surface area contributed by atoms with E-state index in [4.69, 9.17) is 9.47 Å². The van der Waals surface area contributed by atoms with Crippen LogP contribution in [0.5, 0.6) is 5.75 Å². The maximum absolute atomic E-state index is 10.9. The molecule has 0 aliphatic heterocycles. The predicted molar refractivity (Wildman–Crippen MR) is 68.5 cm³/mol. The fourth-order valence-electron chi connectivity index (χ4n) is 1.72. The van der Waals surface area contributed by atoms with Gasteiger partial charge in [-0.3, -0.25) is 14.6 Å². The zero-order valence-electron chi connectivity index (χ0n) is 10.7. The van der Waals surface area contributed by atoms with Gasteiger partial charge >= 0.3 is 11.9 Å². The van der Waals surface area contributed by atoms with Crippen LogP contribution in [0.25, 0.3) is 10.9 Å². The number of fused-ring (bicyclic) bond motifs is 1. The van der Waals surface area contributed by atoms with Crippen molar-refractivity contribution in [1.29, 1.82) is 0 Å². The SMILES string of the molecule is CC(=O)OCc1ccnc2ccc(OC(C)=O)cc12. The van der Waals surface area contributed by atoms with E-state index in [1.807, 2.05) is 0 Å². The van der Waals surface area contributed by atoms with Crippen molar-refractivity contribution in [3.63, 3.8) is 0 Å². The molecule has 1 heterocycles. The van der Waals surface area contributed by atoms with Gasteiger partial charge in [0.1, 0.15) is 12.4 Å². The molecule has 2 aromatic rings. The van der Waals surface area contributed by atoms with Crippen molar-refractivity contribution in [3.8, 4) is 5.75 Å². The Morgan fingerprint density at radius 1 is 1.16 bits per heavy atom. The van der Waals surface area contributed by atoms with Gasteiger partial charge in [0.05, 0.1) is 5.52 Å². The highest BCUT2D eigenvalue weighted by atomic mass is 16.5. The fraction of sp³-hybridized carbons (Fsp3) is 0.214. The molecule has 0 saturated carbocycles. The Balaban J connectivity index is 2.39. The number of ether oxygens (including phenoxy) is 2. The van der Waals surface area contributed by atoms with Gasteiger partial charge in [-0.2, -0.15) is 0 Å². The number of esters is 2. The van der Waals surface area contributed by atoms with E-state index in [9.17, 15) is 9.59 Å². The van der Waals surface area contributed by atoms with Gasteiger partial charge in [0, 0.05) is 31.0 Å². The number of hydrogen-bond donors (Lipinski definition) is 0. The fourth-order valence-corrected chi connectivity index (χ4v) is 1.72. The third-order valence-corrected chi connectivity index (χ3v) is 2.50. The summed E-state index contributed by atoms with van der Waals surface area (Å²) < 4.78 is 10.0. The van der Waals surface area contributed by atoms with Crippen molar-refractivity contribution >= 4 is 22.8 Å². The lowest BCUT2D eigenvalue weighted by Crippen LogP contribution is -2.02. The highest BCUT2D eigenvalue weighted by molar-refractivity contribution is 5.84. The molecule has 0 atom stereocenters. The van der Waals surface area contributed by atoms with E-state index in [1.54, 1.807) is 30.5 Å². The molecule has 0 bridgehead atoms. The molecule has 98 valence electrons. The molecule has 0 unspecified atom stereocenters. The third kappa shape index (κ3) is 3.28. The first-order chi connectivity index (χ1) is 9.06. The van der Waals surface area contributed by atoms with Gasteiger partial charge < -0.3 is 9.47 Å². The normalized spacial score (nSPS) is 10.2. The van der Waals surface area contributed by atoms with Crippen LogP contribution in [0.4, 0.5) is 0 Å². The maximum Gasteiger partial charge on any atom is 0.308 e. The van der Waals surface area contributed by atoms with Crippen LogP contribution < -0.4 is 4.74 Å². The number of benzene rings is 1. The summed E-state index contributed by atoms with van der Waals surface area (Å²) in [4.78, 5) is 26.0. The summed E-state index contributed by atoms with van der Waals surface area (Å²) in [6.45, 7) is 2.86. The summed E-state index contributed by atoms with van der Waals surface area (Å²) in [5, 5.41) is 0.794. The second kappa shape index (κ2) is 5.48. The summed E-state index contributed by atoms with van der Waals surface area (Å²) in [7, 11) is 0. The van der Waals surface area contributed by atoms with E-state index in [1.165, 1.54) is 13.8 Å². The summed E-state index contributed by atoms with van der Waals surface area (Å²) in [6.07, 6.45) is 1.65.